The minimum absolute atomic E-state index is 0.0209. The number of esters is 1. The van der Waals surface area contributed by atoms with Crippen molar-refractivity contribution in [3.63, 3.8) is 0 Å². The molecule has 0 N–H and O–H groups in total. The molecule has 0 spiro atoms. The maximum atomic E-state index is 11.7. The van der Waals surface area contributed by atoms with Crippen molar-refractivity contribution < 1.29 is 14.3 Å². The van der Waals surface area contributed by atoms with Crippen LogP contribution in [0.5, 0.6) is 0 Å². The predicted molar refractivity (Wildman–Crippen MR) is 73.6 cm³/mol. The molecule has 0 saturated carbocycles. The standard InChI is InChI=1S/C13H25N3O3/c1-5-6-18-7-8-19-12(17)9-11(10-15-16-14)13(2,3)4/h11H,5-10H2,1-4H3. The number of hydrogen-bond acceptors (Lipinski definition) is 4. The second-order valence-electron chi connectivity index (χ2n) is 5.51. The molecule has 0 aliphatic heterocycles. The Morgan fingerprint density at radius 3 is 2.53 bits per heavy atom. The van der Waals surface area contributed by atoms with Crippen molar-refractivity contribution in [3.05, 3.63) is 10.4 Å². The van der Waals surface area contributed by atoms with E-state index in [2.05, 4.69) is 10.0 Å². The van der Waals surface area contributed by atoms with Gasteiger partial charge in [0.2, 0.25) is 0 Å². The first-order valence-corrected chi connectivity index (χ1v) is 6.66. The molecule has 0 aromatic carbocycles. The molecule has 0 bridgehead atoms. The number of hydrogen-bond donors (Lipinski definition) is 0. The topological polar surface area (TPSA) is 84.3 Å². The lowest BCUT2D eigenvalue weighted by atomic mass is 9.79. The van der Waals surface area contributed by atoms with Crippen molar-refractivity contribution in [1.82, 2.24) is 0 Å². The quantitative estimate of drug-likeness (QED) is 0.212. The lowest BCUT2D eigenvalue weighted by Gasteiger charge is -2.28. The highest BCUT2D eigenvalue weighted by molar-refractivity contribution is 5.69. The van der Waals surface area contributed by atoms with Gasteiger partial charge in [-0.3, -0.25) is 4.79 Å². The molecule has 0 aromatic rings. The summed E-state index contributed by atoms with van der Waals surface area (Å²) in [7, 11) is 0. The van der Waals surface area contributed by atoms with Gasteiger partial charge in [-0.15, -0.1) is 0 Å². The van der Waals surface area contributed by atoms with Crippen LogP contribution in [0.4, 0.5) is 0 Å². The fraction of sp³-hybridized carbons (Fsp3) is 0.923. The number of nitrogens with zero attached hydrogens (tertiary/aromatic N) is 3. The van der Waals surface area contributed by atoms with Gasteiger partial charge in [-0.1, -0.05) is 32.8 Å². The summed E-state index contributed by atoms with van der Waals surface area (Å²) in [5, 5.41) is 3.56. The van der Waals surface area contributed by atoms with Crippen LogP contribution in [0.15, 0.2) is 5.11 Å². The molecule has 6 nitrogen and oxygen atoms in total. The van der Waals surface area contributed by atoms with E-state index in [4.69, 9.17) is 15.0 Å². The minimum Gasteiger partial charge on any atom is -0.463 e. The van der Waals surface area contributed by atoms with E-state index in [-0.39, 0.29) is 30.3 Å². The monoisotopic (exact) mass is 271 g/mol. The maximum Gasteiger partial charge on any atom is 0.306 e. The number of azide groups is 1. The van der Waals surface area contributed by atoms with E-state index in [0.717, 1.165) is 6.42 Å². The van der Waals surface area contributed by atoms with Crippen LogP contribution < -0.4 is 0 Å². The molecule has 0 aliphatic carbocycles. The van der Waals surface area contributed by atoms with Gasteiger partial charge < -0.3 is 9.47 Å². The highest BCUT2D eigenvalue weighted by atomic mass is 16.6. The first-order valence-electron chi connectivity index (χ1n) is 6.66. The molecule has 110 valence electrons. The highest BCUT2D eigenvalue weighted by Gasteiger charge is 2.26. The first kappa shape index (κ1) is 17.7. The number of carbonyl (C=O) groups excluding carboxylic acids is 1. The van der Waals surface area contributed by atoms with Gasteiger partial charge in [0.25, 0.3) is 0 Å². The van der Waals surface area contributed by atoms with Crippen LogP contribution in [-0.2, 0) is 14.3 Å². The third kappa shape index (κ3) is 9.33. The Balaban J connectivity index is 4.06. The van der Waals surface area contributed by atoms with Crippen LogP contribution in [0.1, 0.15) is 40.5 Å². The average Bonchev–Trinajstić information content (AvgIpc) is 2.32. The predicted octanol–water partition coefficient (Wildman–Crippen LogP) is 3.32. The fourth-order valence-corrected chi connectivity index (χ4v) is 1.50. The van der Waals surface area contributed by atoms with Gasteiger partial charge in [-0.05, 0) is 23.3 Å². The summed E-state index contributed by atoms with van der Waals surface area (Å²) in [6.07, 6.45) is 1.21. The second-order valence-corrected chi connectivity index (χ2v) is 5.51. The third-order valence-corrected chi connectivity index (χ3v) is 2.84. The van der Waals surface area contributed by atoms with E-state index < -0.39 is 0 Å². The Labute approximate surface area is 115 Å². The SMILES string of the molecule is CCCOCCOC(=O)CC(CN=[N+]=[N-])C(C)(C)C. The zero-order valence-electron chi connectivity index (χ0n) is 12.4. The van der Waals surface area contributed by atoms with E-state index in [9.17, 15) is 4.79 Å². The molecule has 6 heteroatoms. The van der Waals surface area contributed by atoms with Gasteiger partial charge in [-0.2, -0.15) is 0 Å². The highest BCUT2D eigenvalue weighted by Crippen LogP contribution is 2.29. The molecule has 0 fully saturated rings. The van der Waals surface area contributed by atoms with Gasteiger partial charge in [0.05, 0.1) is 6.61 Å². The molecular weight excluding hydrogens is 246 g/mol. The molecule has 0 aromatic heterocycles. The van der Waals surface area contributed by atoms with E-state index in [0.29, 0.717) is 19.8 Å². The zero-order valence-corrected chi connectivity index (χ0v) is 12.4. The first-order chi connectivity index (χ1) is 8.91. The zero-order chi connectivity index (χ0) is 14.7. The van der Waals surface area contributed by atoms with Crippen LogP contribution in [0.2, 0.25) is 0 Å². The van der Waals surface area contributed by atoms with E-state index in [1.54, 1.807) is 0 Å². The normalized spacial score (nSPS) is 12.6. The lowest BCUT2D eigenvalue weighted by molar-refractivity contribution is -0.147. The van der Waals surface area contributed by atoms with Gasteiger partial charge in [0.1, 0.15) is 6.61 Å². The van der Waals surface area contributed by atoms with Crippen LogP contribution in [-0.4, -0.2) is 32.3 Å². The van der Waals surface area contributed by atoms with Gasteiger partial charge in [0, 0.05) is 24.5 Å². The summed E-state index contributed by atoms with van der Waals surface area (Å²) in [6, 6.07) is 0. The molecule has 0 aliphatic rings. The summed E-state index contributed by atoms with van der Waals surface area (Å²) < 4.78 is 10.3. The van der Waals surface area contributed by atoms with Crippen molar-refractivity contribution in [2.75, 3.05) is 26.4 Å². The van der Waals surface area contributed by atoms with Gasteiger partial charge >= 0.3 is 5.97 Å². The molecule has 0 heterocycles. The Kier molecular flexibility index (Phi) is 9.00. The van der Waals surface area contributed by atoms with Crippen LogP contribution in [0, 0.1) is 11.3 Å². The molecule has 19 heavy (non-hydrogen) atoms. The minimum atomic E-state index is -0.270. The van der Waals surface area contributed by atoms with Crippen molar-refractivity contribution >= 4 is 5.97 Å². The van der Waals surface area contributed by atoms with Crippen molar-refractivity contribution in [3.8, 4) is 0 Å². The Bertz CT molecular complexity index is 307. The largest absolute Gasteiger partial charge is 0.463 e. The number of rotatable bonds is 9. The maximum absolute atomic E-state index is 11.7. The third-order valence-electron chi connectivity index (χ3n) is 2.84. The Hall–Kier alpha value is -1.26. The van der Waals surface area contributed by atoms with Crippen LogP contribution >= 0.6 is 0 Å². The van der Waals surface area contributed by atoms with Crippen molar-refractivity contribution in [2.45, 2.75) is 40.5 Å². The van der Waals surface area contributed by atoms with Crippen molar-refractivity contribution in [1.29, 1.82) is 0 Å². The number of ether oxygens (including phenoxy) is 2. The van der Waals surface area contributed by atoms with E-state index >= 15 is 0 Å². The summed E-state index contributed by atoms with van der Waals surface area (Å²) in [5.41, 5.74) is 8.26. The second kappa shape index (κ2) is 9.64. The molecule has 0 saturated heterocycles. The summed E-state index contributed by atoms with van der Waals surface area (Å²) in [5.74, 6) is -0.291. The van der Waals surface area contributed by atoms with Crippen molar-refractivity contribution in [2.24, 2.45) is 16.4 Å². The fourth-order valence-electron chi connectivity index (χ4n) is 1.50. The summed E-state index contributed by atoms with van der Waals surface area (Å²) in [4.78, 5) is 14.4. The molecule has 1 atom stereocenters. The molecular formula is C13H25N3O3. The molecule has 1 unspecified atom stereocenters. The van der Waals surface area contributed by atoms with E-state index in [1.807, 2.05) is 27.7 Å². The summed E-state index contributed by atoms with van der Waals surface area (Å²) in [6.45, 7) is 9.76. The number of carbonyl (C=O) groups is 1. The lowest BCUT2D eigenvalue weighted by Crippen LogP contribution is -2.27. The molecule has 0 amide bonds. The molecule has 0 radical (unpaired) electrons. The Morgan fingerprint density at radius 2 is 2.00 bits per heavy atom. The smallest absolute Gasteiger partial charge is 0.306 e. The van der Waals surface area contributed by atoms with Crippen LogP contribution in [0.3, 0.4) is 0 Å². The van der Waals surface area contributed by atoms with Gasteiger partial charge in [0.15, 0.2) is 0 Å². The molecule has 0 rings (SSSR count). The van der Waals surface area contributed by atoms with Crippen LogP contribution in [0.25, 0.3) is 10.4 Å². The summed E-state index contributed by atoms with van der Waals surface area (Å²) >= 11 is 0. The van der Waals surface area contributed by atoms with Gasteiger partial charge in [-0.25, -0.2) is 0 Å². The van der Waals surface area contributed by atoms with E-state index in [1.165, 1.54) is 0 Å². The average molecular weight is 271 g/mol. The Morgan fingerprint density at radius 1 is 1.32 bits per heavy atom.